The molecule has 0 aromatic heterocycles. The predicted octanol–water partition coefficient (Wildman–Crippen LogP) is 2.91. The van der Waals surface area contributed by atoms with Crippen LogP contribution < -0.4 is 10.0 Å². The first kappa shape index (κ1) is 21.1. The summed E-state index contributed by atoms with van der Waals surface area (Å²) in [4.78, 5) is 24.1. The van der Waals surface area contributed by atoms with Crippen molar-refractivity contribution in [1.29, 1.82) is 0 Å². The van der Waals surface area contributed by atoms with Gasteiger partial charge in [-0.05, 0) is 42.0 Å². The number of amides is 1. The van der Waals surface area contributed by atoms with Crippen molar-refractivity contribution >= 4 is 27.6 Å². The van der Waals surface area contributed by atoms with Crippen molar-refractivity contribution in [2.75, 3.05) is 4.72 Å². The summed E-state index contributed by atoms with van der Waals surface area (Å²) in [5, 5.41) is 11.9. The van der Waals surface area contributed by atoms with Crippen molar-refractivity contribution in [2.24, 2.45) is 0 Å². The summed E-state index contributed by atoms with van der Waals surface area (Å²) in [5.74, 6) is -1.70. The molecule has 30 heavy (non-hydrogen) atoms. The number of hydrogen-bond donors (Lipinski definition) is 3. The second-order valence-corrected chi connectivity index (χ2v) is 8.23. The molecule has 1 unspecified atom stereocenters. The quantitative estimate of drug-likeness (QED) is 0.515. The molecule has 0 saturated carbocycles. The van der Waals surface area contributed by atoms with E-state index in [1.807, 2.05) is 6.07 Å². The lowest BCUT2D eigenvalue weighted by molar-refractivity contribution is -0.139. The highest BCUT2D eigenvalue weighted by molar-refractivity contribution is 7.92. The third-order valence-electron chi connectivity index (χ3n) is 4.34. The number of carbonyl (C=O) groups is 2. The predicted molar refractivity (Wildman–Crippen MR) is 113 cm³/mol. The van der Waals surface area contributed by atoms with Crippen LogP contribution in [0.3, 0.4) is 0 Å². The van der Waals surface area contributed by atoms with Crippen LogP contribution in [0.1, 0.15) is 15.9 Å². The van der Waals surface area contributed by atoms with Gasteiger partial charge in [0.1, 0.15) is 6.04 Å². The molecule has 8 heteroatoms. The maximum Gasteiger partial charge on any atom is 0.326 e. The Morgan fingerprint density at radius 3 is 1.97 bits per heavy atom. The number of carbonyl (C=O) groups excluding carboxylic acids is 1. The maximum atomic E-state index is 12.5. The maximum absolute atomic E-state index is 12.5. The monoisotopic (exact) mass is 424 g/mol. The fourth-order valence-electron chi connectivity index (χ4n) is 2.79. The van der Waals surface area contributed by atoms with Crippen LogP contribution in [-0.2, 0) is 21.2 Å². The van der Waals surface area contributed by atoms with Gasteiger partial charge in [0.05, 0.1) is 4.90 Å². The molecule has 0 fully saturated rings. The highest BCUT2D eigenvalue weighted by Gasteiger charge is 2.21. The summed E-state index contributed by atoms with van der Waals surface area (Å²) in [6, 6.07) is 21.6. The fourth-order valence-corrected chi connectivity index (χ4v) is 3.87. The van der Waals surface area contributed by atoms with E-state index in [0.717, 1.165) is 5.56 Å². The minimum absolute atomic E-state index is 0.122. The molecule has 0 aliphatic carbocycles. The molecule has 154 valence electrons. The fraction of sp³-hybridized carbons (Fsp3) is 0.0909. The second kappa shape index (κ2) is 9.23. The highest BCUT2D eigenvalue weighted by Crippen LogP contribution is 2.16. The van der Waals surface area contributed by atoms with Crippen LogP contribution in [0.5, 0.6) is 0 Å². The molecule has 0 aliphatic rings. The molecule has 3 rings (SSSR count). The first-order chi connectivity index (χ1) is 14.3. The average molecular weight is 424 g/mol. The van der Waals surface area contributed by atoms with E-state index in [9.17, 15) is 23.1 Å². The van der Waals surface area contributed by atoms with Crippen molar-refractivity contribution in [2.45, 2.75) is 17.4 Å². The van der Waals surface area contributed by atoms with Crippen molar-refractivity contribution in [3.05, 3.63) is 96.1 Å². The normalized spacial score (nSPS) is 12.0. The van der Waals surface area contributed by atoms with Gasteiger partial charge in [0.25, 0.3) is 15.9 Å². The topological polar surface area (TPSA) is 113 Å². The van der Waals surface area contributed by atoms with Gasteiger partial charge in [0.2, 0.25) is 0 Å². The SMILES string of the molecule is O=C(NC(Cc1ccccc1)C(=O)O)c1ccc(NS(=O)(=O)c2ccccc2)cc1. The van der Waals surface area contributed by atoms with Crippen LogP contribution in [0.25, 0.3) is 0 Å². The molecule has 0 radical (unpaired) electrons. The lowest BCUT2D eigenvalue weighted by Gasteiger charge is -2.15. The van der Waals surface area contributed by atoms with Gasteiger partial charge in [0, 0.05) is 17.7 Å². The zero-order chi connectivity index (χ0) is 21.6. The van der Waals surface area contributed by atoms with Gasteiger partial charge in [0.15, 0.2) is 0 Å². The van der Waals surface area contributed by atoms with Crippen LogP contribution in [0.2, 0.25) is 0 Å². The van der Waals surface area contributed by atoms with Crippen molar-refractivity contribution < 1.29 is 23.1 Å². The van der Waals surface area contributed by atoms with E-state index in [0.29, 0.717) is 0 Å². The summed E-state index contributed by atoms with van der Waals surface area (Å²) in [6.45, 7) is 0. The minimum atomic E-state index is -3.74. The van der Waals surface area contributed by atoms with Crippen LogP contribution in [-0.4, -0.2) is 31.4 Å². The van der Waals surface area contributed by atoms with Gasteiger partial charge in [-0.1, -0.05) is 48.5 Å². The van der Waals surface area contributed by atoms with Gasteiger partial charge < -0.3 is 10.4 Å². The molecule has 3 N–H and O–H groups in total. The van der Waals surface area contributed by atoms with Crippen molar-refractivity contribution in [3.63, 3.8) is 0 Å². The third-order valence-corrected chi connectivity index (χ3v) is 5.74. The Labute approximate surface area is 174 Å². The molecule has 0 bridgehead atoms. The summed E-state index contributed by atoms with van der Waals surface area (Å²) >= 11 is 0. The van der Waals surface area contributed by atoms with Crippen LogP contribution in [0.15, 0.2) is 89.8 Å². The third kappa shape index (κ3) is 5.45. The highest BCUT2D eigenvalue weighted by atomic mass is 32.2. The second-order valence-electron chi connectivity index (χ2n) is 6.55. The summed E-state index contributed by atoms with van der Waals surface area (Å²) < 4.78 is 27.2. The Bertz CT molecular complexity index is 1120. The number of sulfonamides is 1. The Morgan fingerprint density at radius 2 is 1.40 bits per heavy atom. The molecule has 0 heterocycles. The van der Waals surface area contributed by atoms with Gasteiger partial charge in [-0.25, -0.2) is 13.2 Å². The van der Waals surface area contributed by atoms with E-state index in [1.54, 1.807) is 42.5 Å². The van der Waals surface area contributed by atoms with E-state index in [4.69, 9.17) is 0 Å². The largest absolute Gasteiger partial charge is 0.480 e. The van der Waals surface area contributed by atoms with Crippen LogP contribution in [0, 0.1) is 0 Å². The molecule has 7 nitrogen and oxygen atoms in total. The van der Waals surface area contributed by atoms with Gasteiger partial charge in [-0.2, -0.15) is 0 Å². The smallest absolute Gasteiger partial charge is 0.326 e. The Morgan fingerprint density at radius 1 is 0.833 bits per heavy atom. The van der Waals surface area contributed by atoms with Crippen LogP contribution >= 0.6 is 0 Å². The summed E-state index contributed by atoms with van der Waals surface area (Å²) in [5.41, 5.74) is 1.29. The minimum Gasteiger partial charge on any atom is -0.480 e. The summed E-state index contributed by atoms with van der Waals surface area (Å²) in [7, 11) is -3.74. The number of aliphatic carboxylic acids is 1. The average Bonchev–Trinajstić information content (AvgIpc) is 2.75. The van der Waals surface area contributed by atoms with Crippen LogP contribution in [0.4, 0.5) is 5.69 Å². The lowest BCUT2D eigenvalue weighted by atomic mass is 10.1. The number of benzene rings is 3. The Balaban J connectivity index is 1.67. The lowest BCUT2D eigenvalue weighted by Crippen LogP contribution is -2.42. The van der Waals surface area contributed by atoms with E-state index < -0.39 is 27.9 Å². The molecule has 3 aromatic rings. The first-order valence-corrected chi connectivity index (χ1v) is 10.6. The number of rotatable bonds is 8. The van der Waals surface area contributed by atoms with E-state index >= 15 is 0 Å². The van der Waals surface area contributed by atoms with Gasteiger partial charge in [-0.15, -0.1) is 0 Å². The standard InChI is InChI=1S/C22H20N2O5S/c25-21(23-20(22(26)27)15-16-7-3-1-4-8-16)17-11-13-18(14-12-17)24-30(28,29)19-9-5-2-6-10-19/h1-14,20,24H,15H2,(H,23,25)(H,26,27). The molecular formula is C22H20N2O5S. The molecule has 3 aromatic carbocycles. The molecular weight excluding hydrogens is 404 g/mol. The number of carboxylic acid groups (broad SMARTS) is 1. The molecule has 0 saturated heterocycles. The Hall–Kier alpha value is -3.65. The zero-order valence-electron chi connectivity index (χ0n) is 15.9. The van der Waals surface area contributed by atoms with E-state index in [2.05, 4.69) is 10.0 Å². The zero-order valence-corrected chi connectivity index (χ0v) is 16.7. The number of nitrogens with one attached hydrogen (secondary N) is 2. The first-order valence-electron chi connectivity index (χ1n) is 9.11. The number of anilines is 1. The molecule has 0 aliphatic heterocycles. The van der Waals surface area contributed by atoms with Gasteiger partial charge >= 0.3 is 5.97 Å². The van der Waals surface area contributed by atoms with Gasteiger partial charge in [-0.3, -0.25) is 9.52 Å². The molecule has 1 amide bonds. The van der Waals surface area contributed by atoms with Crippen molar-refractivity contribution in [3.8, 4) is 0 Å². The van der Waals surface area contributed by atoms with Crippen molar-refractivity contribution in [1.82, 2.24) is 5.32 Å². The Kier molecular flexibility index (Phi) is 6.48. The van der Waals surface area contributed by atoms with E-state index in [-0.39, 0.29) is 22.6 Å². The number of carboxylic acids is 1. The number of hydrogen-bond acceptors (Lipinski definition) is 4. The molecule has 1 atom stereocenters. The molecule has 0 spiro atoms. The summed E-state index contributed by atoms with van der Waals surface area (Å²) in [6.07, 6.45) is 0.150. The van der Waals surface area contributed by atoms with E-state index in [1.165, 1.54) is 36.4 Å².